The van der Waals surface area contributed by atoms with Gasteiger partial charge in [-0.15, -0.1) is 0 Å². The van der Waals surface area contributed by atoms with Crippen molar-refractivity contribution in [2.24, 2.45) is 0 Å². The molecule has 3 atom stereocenters. The summed E-state index contributed by atoms with van der Waals surface area (Å²) in [6, 6.07) is 5.45. The second-order valence-electron chi connectivity index (χ2n) is 6.65. The third-order valence-corrected chi connectivity index (χ3v) is 5.97. The fourth-order valence-electron chi connectivity index (χ4n) is 5.20. The minimum absolute atomic E-state index is 0. The number of nitrogens with one attached hydrogen (secondary N) is 1. The van der Waals surface area contributed by atoms with Crippen LogP contribution >= 0.6 is 0 Å². The van der Waals surface area contributed by atoms with Crippen LogP contribution < -0.4 is 26.8 Å². The van der Waals surface area contributed by atoms with E-state index in [1.165, 1.54) is 50.8 Å². The molecule has 1 aromatic rings. The molecule has 3 heterocycles. The number of fused-ring (bicyclic) bond motifs is 2. The molecule has 3 aliphatic heterocycles. The lowest BCUT2D eigenvalue weighted by Crippen LogP contribution is -3.14. The summed E-state index contributed by atoms with van der Waals surface area (Å²) in [5, 5.41) is 0. The SMILES string of the molecule is [Cl-].c1c2c(cc3c1OCO3)[C@@]13CCCC[C@@H]1[NH+](CC3)C2. The average Bonchev–Trinajstić information content (AvgIpc) is 3.00. The van der Waals surface area contributed by atoms with Crippen molar-refractivity contribution < 1.29 is 26.8 Å². The van der Waals surface area contributed by atoms with Gasteiger partial charge in [-0.25, -0.2) is 0 Å². The molecule has 3 nitrogen and oxygen atoms in total. The quantitative estimate of drug-likeness (QED) is 0.623. The van der Waals surface area contributed by atoms with E-state index < -0.39 is 0 Å². The highest BCUT2D eigenvalue weighted by atomic mass is 35.5. The molecule has 2 bridgehead atoms. The summed E-state index contributed by atoms with van der Waals surface area (Å²) in [4.78, 5) is 1.83. The summed E-state index contributed by atoms with van der Waals surface area (Å²) < 4.78 is 11.2. The lowest BCUT2D eigenvalue weighted by molar-refractivity contribution is -0.931. The maximum Gasteiger partial charge on any atom is 0.231 e. The molecule has 1 N–H and O–H groups in total. The van der Waals surface area contributed by atoms with Gasteiger partial charge in [-0.05, 0) is 30.5 Å². The van der Waals surface area contributed by atoms with Gasteiger partial charge >= 0.3 is 0 Å². The minimum atomic E-state index is 0. The van der Waals surface area contributed by atoms with E-state index in [1.807, 2.05) is 4.90 Å². The van der Waals surface area contributed by atoms with Crippen LogP contribution in [0.15, 0.2) is 12.1 Å². The summed E-state index contributed by atoms with van der Waals surface area (Å²) >= 11 is 0. The molecular weight excluding hydrogens is 274 g/mol. The second-order valence-corrected chi connectivity index (χ2v) is 6.65. The van der Waals surface area contributed by atoms with E-state index >= 15 is 0 Å². The topological polar surface area (TPSA) is 22.9 Å². The second kappa shape index (κ2) is 4.28. The van der Waals surface area contributed by atoms with Crippen LogP contribution in [0.25, 0.3) is 0 Å². The summed E-state index contributed by atoms with van der Waals surface area (Å²) in [5.41, 5.74) is 3.58. The zero-order chi connectivity index (χ0) is 12.4. The van der Waals surface area contributed by atoms with Crippen LogP contribution in [0, 0.1) is 0 Å². The smallest absolute Gasteiger partial charge is 0.231 e. The number of benzene rings is 1. The molecule has 0 amide bonds. The highest BCUT2D eigenvalue weighted by molar-refractivity contribution is 5.52. The Morgan fingerprint density at radius 3 is 2.85 bits per heavy atom. The van der Waals surface area contributed by atoms with Crippen molar-refractivity contribution in [1.29, 1.82) is 0 Å². The van der Waals surface area contributed by atoms with Gasteiger partial charge in [-0.1, -0.05) is 6.42 Å². The highest BCUT2D eigenvalue weighted by Gasteiger charge is 2.56. The van der Waals surface area contributed by atoms with E-state index in [0.717, 1.165) is 17.5 Å². The predicted molar refractivity (Wildman–Crippen MR) is 70.6 cm³/mol. The number of quaternary nitrogens is 1. The van der Waals surface area contributed by atoms with Crippen LogP contribution in [0.4, 0.5) is 0 Å². The van der Waals surface area contributed by atoms with Crippen molar-refractivity contribution >= 4 is 0 Å². The first-order valence-electron chi connectivity index (χ1n) is 7.64. The Hall–Kier alpha value is -0.930. The Labute approximate surface area is 125 Å². The van der Waals surface area contributed by atoms with Crippen molar-refractivity contribution in [1.82, 2.24) is 0 Å². The third kappa shape index (κ3) is 1.45. The van der Waals surface area contributed by atoms with Crippen molar-refractivity contribution in [3.8, 4) is 11.5 Å². The molecule has 0 spiro atoms. The number of halogens is 1. The van der Waals surface area contributed by atoms with Gasteiger partial charge in [-0.2, -0.15) is 0 Å². The van der Waals surface area contributed by atoms with Crippen LogP contribution in [0.2, 0.25) is 0 Å². The van der Waals surface area contributed by atoms with E-state index in [2.05, 4.69) is 12.1 Å². The minimum Gasteiger partial charge on any atom is -1.00 e. The molecule has 108 valence electrons. The van der Waals surface area contributed by atoms with Crippen molar-refractivity contribution in [3.63, 3.8) is 0 Å². The van der Waals surface area contributed by atoms with E-state index in [9.17, 15) is 0 Å². The summed E-state index contributed by atoms with van der Waals surface area (Å²) in [6.45, 7) is 2.94. The van der Waals surface area contributed by atoms with E-state index in [-0.39, 0.29) is 12.4 Å². The van der Waals surface area contributed by atoms with Crippen LogP contribution in [0.1, 0.15) is 43.2 Å². The number of ether oxygens (including phenoxy) is 2. The Balaban J connectivity index is 0.00000106. The standard InChI is InChI=1S/C16H19NO2.ClH/c1-2-4-16-5-6-17(15(16)3-1)9-11-7-13-14(8-12(11)16)19-10-18-13;/h7-8,15H,1-6,9-10H2;1H/t15-,16-;/m0./s1. The van der Waals surface area contributed by atoms with Crippen molar-refractivity contribution in [2.75, 3.05) is 13.3 Å². The lowest BCUT2D eigenvalue weighted by atomic mass is 9.63. The fourth-order valence-corrected chi connectivity index (χ4v) is 5.20. The maximum absolute atomic E-state index is 5.62. The first-order chi connectivity index (χ1) is 9.37. The molecule has 2 fully saturated rings. The van der Waals surface area contributed by atoms with Crippen LogP contribution in [-0.4, -0.2) is 19.4 Å². The summed E-state index contributed by atoms with van der Waals surface area (Å²) in [7, 11) is 0. The van der Waals surface area contributed by atoms with Gasteiger partial charge in [0.1, 0.15) is 6.54 Å². The molecule has 0 radical (unpaired) electrons. The first-order valence-corrected chi connectivity index (χ1v) is 7.64. The highest BCUT2D eigenvalue weighted by Crippen LogP contribution is 2.49. The zero-order valence-corrected chi connectivity index (χ0v) is 12.3. The van der Waals surface area contributed by atoms with Crippen molar-refractivity contribution in [2.45, 2.75) is 50.1 Å². The monoisotopic (exact) mass is 293 g/mol. The molecule has 1 aromatic carbocycles. The Kier molecular flexibility index (Phi) is 2.74. The molecule has 1 aliphatic carbocycles. The number of hydrogen-bond acceptors (Lipinski definition) is 2. The molecule has 4 heteroatoms. The number of hydrogen-bond donors (Lipinski definition) is 1. The first kappa shape index (κ1) is 12.8. The molecule has 20 heavy (non-hydrogen) atoms. The van der Waals surface area contributed by atoms with Gasteiger partial charge < -0.3 is 26.8 Å². The van der Waals surface area contributed by atoms with Gasteiger partial charge in [0.15, 0.2) is 11.5 Å². The molecule has 1 unspecified atom stereocenters. The summed E-state index contributed by atoms with van der Waals surface area (Å²) in [5.74, 6) is 1.94. The Morgan fingerprint density at radius 1 is 1.10 bits per heavy atom. The van der Waals surface area contributed by atoms with Gasteiger partial charge in [0.05, 0.1) is 18.0 Å². The predicted octanol–water partition coefficient (Wildman–Crippen LogP) is -1.60. The zero-order valence-electron chi connectivity index (χ0n) is 11.6. The molecule has 5 rings (SSSR count). The van der Waals surface area contributed by atoms with Crippen LogP contribution in [0.5, 0.6) is 11.5 Å². The fraction of sp³-hybridized carbons (Fsp3) is 0.625. The molecule has 4 aliphatic rings. The van der Waals surface area contributed by atoms with Crippen LogP contribution in [0.3, 0.4) is 0 Å². The molecule has 0 aromatic heterocycles. The van der Waals surface area contributed by atoms with Gasteiger partial charge in [-0.3, -0.25) is 0 Å². The van der Waals surface area contributed by atoms with E-state index in [4.69, 9.17) is 9.47 Å². The van der Waals surface area contributed by atoms with E-state index in [1.54, 1.807) is 5.56 Å². The maximum atomic E-state index is 5.62. The summed E-state index contributed by atoms with van der Waals surface area (Å²) in [6.07, 6.45) is 7.00. The molecule has 1 saturated carbocycles. The normalized spacial score (nSPS) is 36.0. The van der Waals surface area contributed by atoms with Gasteiger partial charge in [0, 0.05) is 18.4 Å². The lowest BCUT2D eigenvalue weighted by Gasteiger charge is -2.44. The van der Waals surface area contributed by atoms with Gasteiger partial charge in [0.25, 0.3) is 0 Å². The Bertz CT molecular complexity index is 562. The van der Waals surface area contributed by atoms with Crippen LogP contribution in [-0.2, 0) is 12.0 Å². The molecular formula is C16H20ClNO2. The third-order valence-electron chi connectivity index (χ3n) is 5.97. The number of rotatable bonds is 0. The Morgan fingerprint density at radius 2 is 1.95 bits per heavy atom. The van der Waals surface area contributed by atoms with E-state index in [0.29, 0.717) is 12.2 Å². The van der Waals surface area contributed by atoms with Gasteiger partial charge in [0.2, 0.25) is 6.79 Å². The average molecular weight is 294 g/mol. The van der Waals surface area contributed by atoms with Crippen molar-refractivity contribution in [3.05, 3.63) is 23.3 Å². The largest absolute Gasteiger partial charge is 1.00 e. The molecule has 1 saturated heterocycles.